The second kappa shape index (κ2) is 12.0. The normalized spacial score (nSPS) is 29.9. The zero-order chi connectivity index (χ0) is 25.8. The first-order valence-electron chi connectivity index (χ1n) is 13.1. The van der Waals surface area contributed by atoms with Crippen LogP contribution in [0, 0.1) is 17.8 Å². The molecule has 6 atom stereocenters. The monoisotopic (exact) mass is 506 g/mol. The van der Waals surface area contributed by atoms with E-state index in [1.54, 1.807) is 28.8 Å². The van der Waals surface area contributed by atoms with Crippen LogP contribution in [0.2, 0.25) is 0 Å². The number of carbonyl (C=O) groups is 3. The number of fused-ring (bicyclic) bond motifs is 1. The Balaban J connectivity index is 2.01. The lowest BCUT2D eigenvalue weighted by atomic mass is 9.71. The van der Waals surface area contributed by atoms with Gasteiger partial charge >= 0.3 is 5.97 Å². The van der Waals surface area contributed by atoms with E-state index in [4.69, 9.17) is 4.74 Å². The van der Waals surface area contributed by atoms with Gasteiger partial charge < -0.3 is 19.6 Å². The summed E-state index contributed by atoms with van der Waals surface area (Å²) in [7, 11) is 0. The number of unbranched alkanes of at least 4 members (excludes halogenated alkanes) is 2. The molecule has 2 amide bonds. The Hall–Kier alpha value is -1.80. The van der Waals surface area contributed by atoms with E-state index < -0.39 is 28.7 Å². The third kappa shape index (κ3) is 5.06. The smallest absolute Gasteiger partial charge is 0.310 e. The number of rotatable bonds is 14. The van der Waals surface area contributed by atoms with E-state index >= 15 is 0 Å². The minimum Gasteiger partial charge on any atom is -0.465 e. The van der Waals surface area contributed by atoms with Crippen LogP contribution < -0.4 is 0 Å². The lowest BCUT2D eigenvalue weighted by Crippen LogP contribution is -2.58. The van der Waals surface area contributed by atoms with Crippen molar-refractivity contribution in [3.63, 3.8) is 0 Å². The van der Waals surface area contributed by atoms with Crippen LogP contribution in [0.25, 0.3) is 0 Å². The molecule has 3 heterocycles. The number of esters is 1. The molecule has 0 aromatic rings. The first kappa shape index (κ1) is 27.8. The molecule has 0 aromatic carbocycles. The van der Waals surface area contributed by atoms with Crippen molar-refractivity contribution in [3.8, 4) is 0 Å². The molecule has 3 aliphatic rings. The number of aliphatic hydroxyl groups excluding tert-OH is 1. The summed E-state index contributed by atoms with van der Waals surface area (Å²) in [5.74, 6) is -1.85. The molecule has 2 unspecified atom stereocenters. The van der Waals surface area contributed by atoms with Gasteiger partial charge in [0.25, 0.3) is 0 Å². The Morgan fingerprint density at radius 1 is 1.31 bits per heavy atom. The number of hydrogen-bond acceptors (Lipinski definition) is 6. The fourth-order valence-electron chi connectivity index (χ4n) is 6.13. The number of thioether (sulfide) groups is 1. The molecule has 7 nitrogen and oxygen atoms in total. The Morgan fingerprint density at radius 3 is 2.66 bits per heavy atom. The number of hydrogen-bond donors (Lipinski definition) is 1. The standard InChI is InChI=1S/C27H42N2O5S/c1-6-9-11-15-28(14-8-3)25(32)23-27-13-12-20(35-27)21(26(33)34-16-10-7-2)22(27)24(31)29(23)19(17-30)18(4)5/h7-8,18-23,30H,2-3,6,9-17H2,1,4-5H3/t19-,20+,21-,22-,23?,27?/m0/s1. The SMILES string of the molecule is C=CCCOC(=O)[C@@H]1[C@H]2C(=O)N([C@@H](CO)C(C)C)C(C(=O)N(CC=C)CCCCC)C23CC[C@H]1S3. The van der Waals surface area contributed by atoms with Crippen molar-refractivity contribution in [2.24, 2.45) is 17.8 Å². The van der Waals surface area contributed by atoms with Gasteiger partial charge in [-0.05, 0) is 31.6 Å². The lowest BCUT2D eigenvalue weighted by molar-refractivity contribution is -0.154. The summed E-state index contributed by atoms with van der Waals surface area (Å²) in [6, 6.07) is -1.20. The topological polar surface area (TPSA) is 87.1 Å². The molecule has 8 heteroatoms. The third-order valence-corrected chi connectivity index (χ3v) is 9.77. The van der Waals surface area contributed by atoms with Crippen molar-refractivity contribution in [1.82, 2.24) is 9.80 Å². The van der Waals surface area contributed by atoms with Gasteiger partial charge in [0.05, 0.1) is 35.8 Å². The maximum absolute atomic E-state index is 14.2. The second-order valence-electron chi connectivity index (χ2n) is 10.3. The summed E-state index contributed by atoms with van der Waals surface area (Å²) in [5.41, 5.74) is 0. The molecule has 1 N–H and O–H groups in total. The molecule has 0 aliphatic carbocycles. The fraction of sp³-hybridized carbons (Fsp3) is 0.741. The van der Waals surface area contributed by atoms with Gasteiger partial charge in [0.1, 0.15) is 6.04 Å². The van der Waals surface area contributed by atoms with Crippen LogP contribution in [-0.4, -0.2) is 81.1 Å². The molecule has 0 aromatic heterocycles. The van der Waals surface area contributed by atoms with Crippen LogP contribution >= 0.6 is 11.8 Å². The minimum absolute atomic E-state index is 0.0304. The molecule has 3 fully saturated rings. The quantitative estimate of drug-likeness (QED) is 0.221. The van der Waals surface area contributed by atoms with Crippen molar-refractivity contribution in [1.29, 1.82) is 0 Å². The molecule has 0 radical (unpaired) electrons. The van der Waals surface area contributed by atoms with Crippen LogP contribution in [0.4, 0.5) is 0 Å². The number of ether oxygens (including phenoxy) is 1. The fourth-order valence-corrected chi connectivity index (χ4v) is 8.31. The van der Waals surface area contributed by atoms with E-state index in [1.165, 1.54) is 0 Å². The summed E-state index contributed by atoms with van der Waals surface area (Å²) in [6.07, 6.45) is 8.40. The lowest BCUT2D eigenvalue weighted by Gasteiger charge is -2.40. The second-order valence-corrected chi connectivity index (χ2v) is 11.9. The number of likely N-dealkylation sites (tertiary alicyclic amines) is 1. The van der Waals surface area contributed by atoms with Gasteiger partial charge in [-0.1, -0.05) is 45.8 Å². The molecule has 2 bridgehead atoms. The first-order valence-corrected chi connectivity index (χ1v) is 13.9. The summed E-state index contributed by atoms with van der Waals surface area (Å²) in [4.78, 5) is 44.9. The van der Waals surface area contributed by atoms with E-state index in [2.05, 4.69) is 20.1 Å². The Labute approximate surface area is 214 Å². The summed E-state index contributed by atoms with van der Waals surface area (Å²) >= 11 is 1.63. The minimum atomic E-state index is -0.706. The Morgan fingerprint density at radius 2 is 2.06 bits per heavy atom. The maximum atomic E-state index is 14.2. The average molecular weight is 507 g/mol. The van der Waals surface area contributed by atoms with E-state index in [0.717, 1.165) is 25.7 Å². The van der Waals surface area contributed by atoms with Crippen LogP contribution in [0.15, 0.2) is 25.3 Å². The number of carbonyl (C=O) groups excluding carboxylic acids is 3. The zero-order valence-corrected chi connectivity index (χ0v) is 22.3. The van der Waals surface area contributed by atoms with E-state index in [9.17, 15) is 19.5 Å². The van der Waals surface area contributed by atoms with Gasteiger partial charge in [-0.3, -0.25) is 14.4 Å². The highest BCUT2D eigenvalue weighted by molar-refractivity contribution is 8.02. The summed E-state index contributed by atoms with van der Waals surface area (Å²) in [6.45, 7) is 14.6. The van der Waals surface area contributed by atoms with Gasteiger partial charge in [0.15, 0.2) is 0 Å². The van der Waals surface area contributed by atoms with Crippen LogP contribution in [0.3, 0.4) is 0 Å². The van der Waals surface area contributed by atoms with Gasteiger partial charge in [0.2, 0.25) is 11.8 Å². The molecule has 196 valence electrons. The number of aliphatic hydroxyl groups is 1. The predicted molar refractivity (Wildman–Crippen MR) is 139 cm³/mol. The zero-order valence-electron chi connectivity index (χ0n) is 21.5. The Kier molecular flexibility index (Phi) is 9.49. The summed E-state index contributed by atoms with van der Waals surface area (Å²) < 4.78 is 4.86. The van der Waals surface area contributed by atoms with Gasteiger partial charge in [-0.25, -0.2) is 0 Å². The number of amides is 2. The molecule has 3 saturated heterocycles. The van der Waals surface area contributed by atoms with E-state index in [0.29, 0.717) is 25.9 Å². The highest BCUT2D eigenvalue weighted by Gasteiger charge is 2.74. The first-order chi connectivity index (χ1) is 16.8. The van der Waals surface area contributed by atoms with Gasteiger partial charge in [0, 0.05) is 18.3 Å². The van der Waals surface area contributed by atoms with Crippen LogP contribution in [0.5, 0.6) is 0 Å². The van der Waals surface area contributed by atoms with E-state index in [-0.39, 0.29) is 42.2 Å². The average Bonchev–Trinajstić information content (AvgIpc) is 3.46. The maximum Gasteiger partial charge on any atom is 0.310 e. The van der Waals surface area contributed by atoms with E-state index in [1.807, 2.05) is 18.7 Å². The predicted octanol–water partition coefficient (Wildman–Crippen LogP) is 3.42. The molecule has 3 rings (SSSR count). The molecular weight excluding hydrogens is 464 g/mol. The van der Waals surface area contributed by atoms with Gasteiger partial charge in [-0.2, -0.15) is 0 Å². The van der Waals surface area contributed by atoms with Crippen LogP contribution in [0.1, 0.15) is 59.3 Å². The van der Waals surface area contributed by atoms with Crippen molar-refractivity contribution in [2.45, 2.75) is 81.4 Å². The summed E-state index contributed by atoms with van der Waals surface area (Å²) in [5, 5.41) is 10.3. The van der Waals surface area contributed by atoms with Gasteiger partial charge in [-0.15, -0.1) is 24.9 Å². The molecule has 0 saturated carbocycles. The van der Waals surface area contributed by atoms with Crippen molar-refractivity contribution in [2.75, 3.05) is 26.3 Å². The van der Waals surface area contributed by atoms with Crippen molar-refractivity contribution >= 4 is 29.5 Å². The van der Waals surface area contributed by atoms with Crippen LogP contribution in [-0.2, 0) is 19.1 Å². The van der Waals surface area contributed by atoms with Crippen molar-refractivity contribution in [3.05, 3.63) is 25.3 Å². The number of nitrogens with zero attached hydrogens (tertiary/aromatic N) is 2. The largest absolute Gasteiger partial charge is 0.465 e. The molecule has 35 heavy (non-hydrogen) atoms. The molecule has 1 spiro atoms. The highest BCUT2D eigenvalue weighted by Crippen LogP contribution is 2.67. The third-order valence-electron chi connectivity index (χ3n) is 7.82. The molecular formula is C27H42N2O5S. The van der Waals surface area contributed by atoms with Crippen molar-refractivity contribution < 1.29 is 24.2 Å². The Bertz CT molecular complexity index is 817. The molecule has 3 aliphatic heterocycles. The highest BCUT2D eigenvalue weighted by atomic mass is 32.2.